The Kier molecular flexibility index (Phi) is 7.34. The van der Waals surface area contributed by atoms with Gasteiger partial charge in [-0.25, -0.2) is 8.42 Å². The average Bonchev–Trinajstić information content (AvgIpc) is 2.73. The molecule has 0 saturated carbocycles. The van der Waals surface area contributed by atoms with Crippen LogP contribution in [0.4, 0.5) is 0 Å². The number of sulfonamides is 1. The average molecular weight is 316 g/mol. The van der Waals surface area contributed by atoms with Gasteiger partial charge in [0, 0.05) is 18.9 Å². The molecule has 1 aliphatic rings. The molecule has 0 fully saturated rings. The summed E-state index contributed by atoms with van der Waals surface area (Å²) >= 11 is 0. The Hall–Kier alpha value is -0.840. The fourth-order valence-corrected chi connectivity index (χ4v) is 2.72. The molecule has 1 heterocycles. The lowest BCUT2D eigenvalue weighted by Crippen LogP contribution is -2.32. The van der Waals surface area contributed by atoms with Gasteiger partial charge in [0.2, 0.25) is 10.0 Å². The highest BCUT2D eigenvalue weighted by molar-refractivity contribution is 7.89. The fraction of sp³-hybridized carbons (Fsp3) is 0.778. The van der Waals surface area contributed by atoms with Crippen LogP contribution in [0.15, 0.2) is 12.4 Å². The van der Waals surface area contributed by atoms with Gasteiger partial charge in [-0.2, -0.15) is 8.42 Å². The lowest BCUT2D eigenvalue weighted by atomic mass is 10.4. The number of nitrogens with zero attached hydrogens (tertiary/aromatic N) is 2. The van der Waals surface area contributed by atoms with Crippen LogP contribution in [0.2, 0.25) is 0 Å². The molecule has 0 aliphatic carbocycles. The highest BCUT2D eigenvalue weighted by Crippen LogP contribution is 2.12. The second-order valence-corrected chi connectivity index (χ2v) is 6.79. The Bertz CT molecular complexity index is 477. The minimum atomic E-state index is -4.67. The van der Waals surface area contributed by atoms with E-state index in [4.69, 9.17) is 17.5 Å². The van der Waals surface area contributed by atoms with Gasteiger partial charge >= 0.3 is 10.4 Å². The van der Waals surface area contributed by atoms with Gasteiger partial charge < -0.3 is 4.90 Å². The third-order valence-electron chi connectivity index (χ3n) is 2.28. The summed E-state index contributed by atoms with van der Waals surface area (Å²) < 4.78 is 56.4. The summed E-state index contributed by atoms with van der Waals surface area (Å²) in [5.41, 5.74) is 0. The van der Waals surface area contributed by atoms with Crippen molar-refractivity contribution >= 4 is 20.4 Å². The molecule has 0 spiro atoms. The fourth-order valence-electron chi connectivity index (χ4n) is 1.27. The molecule has 0 radical (unpaired) electrons. The van der Waals surface area contributed by atoms with E-state index < -0.39 is 20.4 Å². The van der Waals surface area contributed by atoms with Crippen molar-refractivity contribution in [2.45, 2.75) is 26.7 Å². The van der Waals surface area contributed by atoms with Crippen LogP contribution >= 0.6 is 0 Å². The first-order valence-corrected chi connectivity index (χ1v) is 8.72. The predicted octanol–water partition coefficient (Wildman–Crippen LogP) is 0.530. The molecule has 8 nitrogen and oxygen atoms in total. The summed E-state index contributed by atoms with van der Waals surface area (Å²) in [7, 11) is -7.73. The maximum atomic E-state index is 11.7. The first-order chi connectivity index (χ1) is 8.60. The van der Waals surface area contributed by atoms with Crippen molar-refractivity contribution in [1.29, 1.82) is 0 Å². The van der Waals surface area contributed by atoms with Gasteiger partial charge in [-0.05, 0) is 13.3 Å². The quantitative estimate of drug-likeness (QED) is 0.711. The van der Waals surface area contributed by atoms with Crippen molar-refractivity contribution in [3.05, 3.63) is 12.4 Å². The minimum absolute atomic E-state index is 0.255. The number of hydrogen-bond acceptors (Lipinski definition) is 5. The van der Waals surface area contributed by atoms with Crippen LogP contribution < -0.4 is 0 Å². The van der Waals surface area contributed by atoms with Crippen molar-refractivity contribution < 1.29 is 25.9 Å². The molecule has 0 saturated heterocycles. The van der Waals surface area contributed by atoms with Crippen LogP contribution in [-0.4, -0.2) is 54.1 Å². The molecular formula is C9H20N2O6S2. The van der Waals surface area contributed by atoms with Crippen molar-refractivity contribution in [2.75, 3.05) is 19.0 Å². The Morgan fingerprint density at radius 3 is 2.00 bits per heavy atom. The molecular weight excluding hydrogens is 296 g/mol. The Morgan fingerprint density at radius 1 is 1.11 bits per heavy atom. The van der Waals surface area contributed by atoms with E-state index in [9.17, 15) is 8.42 Å². The number of rotatable bonds is 5. The summed E-state index contributed by atoms with van der Waals surface area (Å²) in [4.78, 5) is 1.96. The van der Waals surface area contributed by atoms with Gasteiger partial charge in [0.25, 0.3) is 0 Å². The molecule has 0 bridgehead atoms. The number of hydrogen-bond donors (Lipinski definition) is 2. The van der Waals surface area contributed by atoms with Gasteiger partial charge in [0.05, 0.1) is 5.75 Å². The van der Waals surface area contributed by atoms with Crippen LogP contribution in [0.5, 0.6) is 0 Å². The zero-order valence-electron chi connectivity index (χ0n) is 10.9. The monoisotopic (exact) mass is 316 g/mol. The van der Waals surface area contributed by atoms with E-state index >= 15 is 0 Å². The van der Waals surface area contributed by atoms with Crippen LogP contribution in [0.3, 0.4) is 0 Å². The molecule has 1 aliphatic heterocycles. The molecule has 0 amide bonds. The second-order valence-electron chi connectivity index (χ2n) is 3.85. The topological polar surface area (TPSA) is 115 Å². The van der Waals surface area contributed by atoms with E-state index in [-0.39, 0.29) is 5.75 Å². The van der Waals surface area contributed by atoms with Gasteiger partial charge in [-0.3, -0.25) is 13.4 Å². The molecule has 2 N–H and O–H groups in total. The summed E-state index contributed by atoms with van der Waals surface area (Å²) in [6, 6.07) is 0. The summed E-state index contributed by atoms with van der Waals surface area (Å²) in [6.07, 6.45) is 5.12. The van der Waals surface area contributed by atoms with Crippen molar-refractivity contribution in [3.8, 4) is 0 Å². The minimum Gasteiger partial charge on any atom is -0.358 e. The van der Waals surface area contributed by atoms with Crippen molar-refractivity contribution in [2.24, 2.45) is 0 Å². The van der Waals surface area contributed by atoms with E-state index in [1.165, 1.54) is 4.31 Å². The van der Waals surface area contributed by atoms with Crippen LogP contribution in [0.1, 0.15) is 26.7 Å². The third-order valence-corrected chi connectivity index (χ3v) is 4.04. The van der Waals surface area contributed by atoms with Crippen LogP contribution in [0, 0.1) is 0 Å². The molecule has 19 heavy (non-hydrogen) atoms. The lowest BCUT2D eigenvalue weighted by molar-refractivity contribution is 0.347. The third kappa shape index (κ3) is 8.81. The van der Waals surface area contributed by atoms with E-state index in [0.717, 1.165) is 19.4 Å². The molecule has 0 unspecified atom stereocenters. The second kappa shape index (κ2) is 7.68. The van der Waals surface area contributed by atoms with Crippen LogP contribution in [-0.2, 0) is 20.4 Å². The Morgan fingerprint density at radius 2 is 1.63 bits per heavy atom. The van der Waals surface area contributed by atoms with Crippen molar-refractivity contribution in [3.63, 3.8) is 0 Å². The molecule has 1 rings (SSSR count). The molecule has 114 valence electrons. The first-order valence-electron chi connectivity index (χ1n) is 5.72. The molecule has 10 heteroatoms. The Balaban J connectivity index is 0.000000555. The molecule has 0 aromatic carbocycles. The lowest BCUT2D eigenvalue weighted by Gasteiger charge is -2.19. The molecule has 0 atom stereocenters. The number of unbranched alkanes of at least 4 members (excludes halogenated alkanes) is 1. The zero-order chi connectivity index (χ0) is 15.1. The highest BCUT2D eigenvalue weighted by atomic mass is 32.3. The first kappa shape index (κ1) is 18.2. The van der Waals surface area contributed by atoms with Gasteiger partial charge in [0.1, 0.15) is 6.67 Å². The summed E-state index contributed by atoms with van der Waals surface area (Å²) in [5.74, 6) is 0.255. The summed E-state index contributed by atoms with van der Waals surface area (Å²) in [5, 5.41) is 0. The van der Waals surface area contributed by atoms with E-state index in [0.29, 0.717) is 6.67 Å². The maximum Gasteiger partial charge on any atom is 0.394 e. The largest absolute Gasteiger partial charge is 0.394 e. The predicted molar refractivity (Wildman–Crippen MR) is 71.1 cm³/mol. The maximum absolute atomic E-state index is 11.7. The SMILES string of the molecule is CCCCS(=O)(=O)N1C=CN(CC)C1.O=S(=O)(O)O. The van der Waals surface area contributed by atoms with Crippen LogP contribution in [0.25, 0.3) is 0 Å². The van der Waals surface area contributed by atoms with Gasteiger partial charge in [0.15, 0.2) is 0 Å². The Labute approximate surface area is 114 Å². The van der Waals surface area contributed by atoms with Gasteiger partial charge in [-0.15, -0.1) is 0 Å². The molecule has 0 aromatic rings. The van der Waals surface area contributed by atoms with E-state index in [2.05, 4.69) is 0 Å². The van der Waals surface area contributed by atoms with Crippen molar-refractivity contribution in [1.82, 2.24) is 9.21 Å². The normalized spacial score (nSPS) is 15.4. The summed E-state index contributed by atoms with van der Waals surface area (Å²) in [6.45, 7) is 5.32. The van der Waals surface area contributed by atoms with E-state index in [1.54, 1.807) is 6.20 Å². The van der Waals surface area contributed by atoms with Gasteiger partial charge in [-0.1, -0.05) is 13.3 Å². The van der Waals surface area contributed by atoms with E-state index in [1.807, 2.05) is 24.9 Å². The molecule has 0 aromatic heterocycles. The smallest absolute Gasteiger partial charge is 0.358 e. The standard InChI is InChI=1S/C9H18N2O2S.H2O4S/c1-3-5-8-14(12,13)11-7-6-10(4-2)9-11;1-5(2,3)4/h6-7H,3-5,8-9H2,1-2H3;(H2,1,2,3,4). The zero-order valence-corrected chi connectivity index (χ0v) is 12.6. The highest BCUT2D eigenvalue weighted by Gasteiger charge is 2.22.